The quantitative estimate of drug-likeness (QED) is 0.670. The summed E-state index contributed by atoms with van der Waals surface area (Å²) in [5.41, 5.74) is 1.46. The van der Waals surface area contributed by atoms with Crippen molar-refractivity contribution in [3.8, 4) is 5.75 Å². The molecule has 0 saturated heterocycles. The van der Waals surface area contributed by atoms with Crippen molar-refractivity contribution in [1.82, 2.24) is 4.90 Å². The predicted molar refractivity (Wildman–Crippen MR) is 121 cm³/mol. The fraction of sp³-hybridized carbons (Fsp3) is 0.423. The van der Waals surface area contributed by atoms with Crippen LogP contribution >= 0.6 is 0 Å². The van der Waals surface area contributed by atoms with E-state index < -0.39 is 6.04 Å². The maximum Gasteiger partial charge on any atom is 0.262 e. The van der Waals surface area contributed by atoms with Crippen LogP contribution in [0.15, 0.2) is 48.5 Å². The Balaban J connectivity index is 1.53. The minimum Gasteiger partial charge on any atom is -0.489 e. The number of carbonyl (C=O) groups is 3. The van der Waals surface area contributed by atoms with Gasteiger partial charge in [0.2, 0.25) is 0 Å². The first kappa shape index (κ1) is 20.7. The first-order valence-corrected chi connectivity index (χ1v) is 11.6. The number of carbonyl (C=O) groups excluding carboxylic acids is 3. The molecule has 1 saturated carbocycles. The van der Waals surface area contributed by atoms with Crippen LogP contribution in [-0.4, -0.2) is 41.3 Å². The van der Waals surface area contributed by atoms with E-state index in [-0.39, 0.29) is 23.8 Å². The van der Waals surface area contributed by atoms with Crippen LogP contribution in [0.3, 0.4) is 0 Å². The minimum atomic E-state index is -0.820. The van der Waals surface area contributed by atoms with Crippen molar-refractivity contribution in [2.24, 2.45) is 5.92 Å². The van der Waals surface area contributed by atoms with E-state index in [1.807, 2.05) is 31.2 Å². The van der Waals surface area contributed by atoms with Crippen molar-refractivity contribution in [1.29, 1.82) is 0 Å². The molecule has 2 aromatic rings. The Bertz CT molecular complexity index is 1020. The Morgan fingerprint density at radius 1 is 0.969 bits per heavy atom. The van der Waals surface area contributed by atoms with E-state index in [0.29, 0.717) is 41.5 Å². The van der Waals surface area contributed by atoms with Gasteiger partial charge in [0.1, 0.15) is 18.4 Å². The highest BCUT2D eigenvalue weighted by molar-refractivity contribution is 6.23. The van der Waals surface area contributed by atoms with Crippen molar-refractivity contribution in [3.63, 3.8) is 0 Å². The van der Waals surface area contributed by atoms with Crippen molar-refractivity contribution >= 4 is 23.4 Å². The van der Waals surface area contributed by atoms with Crippen molar-refractivity contribution < 1.29 is 19.1 Å². The summed E-state index contributed by atoms with van der Waals surface area (Å²) >= 11 is 0. The second-order valence-corrected chi connectivity index (χ2v) is 9.12. The van der Waals surface area contributed by atoms with Crippen LogP contribution in [0, 0.1) is 5.92 Å². The molecule has 3 aliphatic rings. The van der Waals surface area contributed by atoms with Crippen LogP contribution < -0.4 is 9.64 Å². The largest absolute Gasteiger partial charge is 0.489 e. The van der Waals surface area contributed by atoms with Crippen LogP contribution in [-0.2, 0) is 4.79 Å². The zero-order valence-electron chi connectivity index (χ0n) is 18.3. The summed E-state index contributed by atoms with van der Waals surface area (Å²) < 4.78 is 5.82. The molecule has 32 heavy (non-hydrogen) atoms. The first-order chi connectivity index (χ1) is 15.6. The van der Waals surface area contributed by atoms with Gasteiger partial charge in [-0.15, -0.1) is 0 Å². The number of imide groups is 1. The van der Waals surface area contributed by atoms with E-state index in [4.69, 9.17) is 4.74 Å². The number of hydrogen-bond acceptors (Lipinski definition) is 4. The van der Waals surface area contributed by atoms with Gasteiger partial charge in [-0.2, -0.15) is 0 Å². The maximum absolute atomic E-state index is 14.1. The molecule has 2 atom stereocenters. The Morgan fingerprint density at radius 3 is 2.28 bits per heavy atom. The molecule has 6 nitrogen and oxygen atoms in total. The highest BCUT2D eigenvalue weighted by atomic mass is 16.5. The monoisotopic (exact) mass is 432 g/mol. The van der Waals surface area contributed by atoms with Crippen LogP contribution in [0.5, 0.6) is 5.75 Å². The topological polar surface area (TPSA) is 66.9 Å². The van der Waals surface area contributed by atoms with Crippen molar-refractivity contribution in [2.75, 3.05) is 11.5 Å². The van der Waals surface area contributed by atoms with E-state index in [2.05, 4.69) is 0 Å². The number of ether oxygens (including phenoxy) is 1. The van der Waals surface area contributed by atoms with Gasteiger partial charge in [-0.3, -0.25) is 19.3 Å². The summed E-state index contributed by atoms with van der Waals surface area (Å²) in [5.74, 6) is 0.0440. The number of fused-ring (bicyclic) bond motifs is 2. The average Bonchev–Trinajstić information content (AvgIpc) is 3.08. The number of nitrogens with zero attached hydrogens (tertiary/aromatic N) is 2. The van der Waals surface area contributed by atoms with Gasteiger partial charge in [0, 0.05) is 0 Å². The molecule has 0 spiro atoms. The van der Waals surface area contributed by atoms with Crippen molar-refractivity contribution in [3.05, 3.63) is 59.7 Å². The van der Waals surface area contributed by atoms with Gasteiger partial charge in [0.15, 0.2) is 0 Å². The average molecular weight is 433 g/mol. The number of benzene rings is 2. The molecule has 0 N–H and O–H groups in total. The summed E-state index contributed by atoms with van der Waals surface area (Å²) in [7, 11) is 0. The van der Waals surface area contributed by atoms with Gasteiger partial charge in [-0.25, -0.2) is 0 Å². The van der Waals surface area contributed by atoms with Gasteiger partial charge >= 0.3 is 0 Å². The predicted octanol–water partition coefficient (Wildman–Crippen LogP) is 4.44. The third-order valence-electron chi connectivity index (χ3n) is 6.99. The van der Waals surface area contributed by atoms with E-state index in [1.54, 1.807) is 29.2 Å². The second-order valence-electron chi connectivity index (χ2n) is 9.12. The number of rotatable bonds is 4. The normalized spacial score (nSPS) is 21.7. The maximum atomic E-state index is 14.1. The molecule has 1 fully saturated rings. The third kappa shape index (κ3) is 3.48. The summed E-state index contributed by atoms with van der Waals surface area (Å²) in [6, 6.07) is 13.3. The SMILES string of the molecule is C[C@H]1COc2ccccc2N1C(=O)[C@H](CC1CCCCC1)N1C(=O)c2ccccc2C1=O. The van der Waals surface area contributed by atoms with Crippen LogP contribution in [0.25, 0.3) is 0 Å². The third-order valence-corrected chi connectivity index (χ3v) is 6.99. The van der Waals surface area contributed by atoms with E-state index in [1.165, 1.54) is 11.3 Å². The molecule has 0 aromatic heterocycles. The lowest BCUT2D eigenvalue weighted by atomic mass is 9.84. The molecular formula is C26H28N2O4. The second kappa shape index (κ2) is 8.41. The zero-order valence-corrected chi connectivity index (χ0v) is 18.3. The minimum absolute atomic E-state index is 0.193. The Hall–Kier alpha value is -3.15. The summed E-state index contributed by atoms with van der Waals surface area (Å²) in [6.45, 7) is 2.31. The molecule has 166 valence electrons. The standard InChI is InChI=1S/C26H28N2O4/c1-17-16-32-23-14-8-7-13-21(23)27(17)26(31)22(15-18-9-3-2-4-10-18)28-24(29)19-11-5-6-12-20(19)25(28)30/h5-8,11-14,17-18,22H,2-4,9-10,15-16H2,1H3/t17-,22-/m0/s1. The van der Waals surface area contributed by atoms with Gasteiger partial charge in [0.05, 0.1) is 22.9 Å². The molecule has 2 aromatic carbocycles. The van der Waals surface area contributed by atoms with Gasteiger partial charge < -0.3 is 9.64 Å². The van der Waals surface area contributed by atoms with E-state index >= 15 is 0 Å². The smallest absolute Gasteiger partial charge is 0.262 e. The molecule has 2 heterocycles. The number of para-hydroxylation sites is 2. The van der Waals surface area contributed by atoms with Crippen LogP contribution in [0.4, 0.5) is 5.69 Å². The lowest BCUT2D eigenvalue weighted by Gasteiger charge is -2.39. The Morgan fingerprint density at radius 2 is 1.59 bits per heavy atom. The highest BCUT2D eigenvalue weighted by Crippen LogP contribution is 2.37. The fourth-order valence-electron chi connectivity index (χ4n) is 5.34. The zero-order chi connectivity index (χ0) is 22.2. The van der Waals surface area contributed by atoms with Crippen LogP contribution in [0.2, 0.25) is 0 Å². The molecule has 3 amide bonds. The lowest BCUT2D eigenvalue weighted by Crippen LogP contribution is -2.56. The number of anilines is 1. The Labute approximate surface area is 188 Å². The summed E-state index contributed by atoms with van der Waals surface area (Å²) in [6.07, 6.45) is 6.03. The van der Waals surface area contributed by atoms with E-state index in [0.717, 1.165) is 25.7 Å². The fourth-order valence-corrected chi connectivity index (χ4v) is 5.34. The molecule has 5 rings (SSSR count). The van der Waals surface area contributed by atoms with Gasteiger partial charge in [0.25, 0.3) is 17.7 Å². The molecule has 0 bridgehead atoms. The molecule has 6 heteroatoms. The molecular weight excluding hydrogens is 404 g/mol. The van der Waals surface area contributed by atoms with Gasteiger partial charge in [-0.1, -0.05) is 56.4 Å². The molecule has 1 aliphatic carbocycles. The highest BCUT2D eigenvalue weighted by Gasteiger charge is 2.46. The number of hydrogen-bond donors (Lipinski definition) is 0. The number of amides is 3. The molecule has 2 aliphatic heterocycles. The lowest BCUT2D eigenvalue weighted by molar-refractivity contribution is -0.123. The Kier molecular flexibility index (Phi) is 5.45. The summed E-state index contributed by atoms with van der Waals surface area (Å²) in [4.78, 5) is 43.7. The van der Waals surface area contributed by atoms with E-state index in [9.17, 15) is 14.4 Å². The van der Waals surface area contributed by atoms with Crippen LogP contribution in [0.1, 0.15) is 66.2 Å². The summed E-state index contributed by atoms with van der Waals surface area (Å²) in [5, 5.41) is 0. The molecule has 0 unspecified atom stereocenters. The van der Waals surface area contributed by atoms with Gasteiger partial charge in [-0.05, 0) is 43.5 Å². The van der Waals surface area contributed by atoms with Crippen molar-refractivity contribution in [2.45, 2.75) is 57.5 Å². The molecule has 0 radical (unpaired) electrons. The first-order valence-electron chi connectivity index (χ1n) is 11.6.